The topological polar surface area (TPSA) is 12.4 Å². The zero-order valence-electron chi connectivity index (χ0n) is 9.36. The predicted octanol–water partition coefficient (Wildman–Crippen LogP) is 4.48. The molecular weight excluding hydrogens is 226 g/mol. The van der Waals surface area contributed by atoms with Gasteiger partial charge in [0.25, 0.3) is 0 Å². The van der Waals surface area contributed by atoms with Gasteiger partial charge in [0.05, 0.1) is 0 Å². The third kappa shape index (κ3) is 3.93. The number of allylic oxidation sites excluding steroid dienone is 1. The number of hydrogen-bond acceptors (Lipinski definition) is 2. The molecule has 1 aliphatic heterocycles. The standard InChI is InChI=1S/C9H7NS.C6H6/c1-2-6-9-8(4-1)5-3-7-10-11-9;1-2-4-6-5-3-1/h1-7H;1-6H. The summed E-state index contributed by atoms with van der Waals surface area (Å²) in [5.74, 6) is 0. The van der Waals surface area contributed by atoms with Gasteiger partial charge in [-0.15, -0.1) is 0 Å². The van der Waals surface area contributed by atoms with Gasteiger partial charge in [-0.3, -0.25) is 0 Å². The van der Waals surface area contributed by atoms with Crippen LogP contribution < -0.4 is 0 Å². The molecule has 0 aliphatic carbocycles. The van der Waals surface area contributed by atoms with E-state index < -0.39 is 0 Å². The number of fused-ring (bicyclic) bond motifs is 1. The maximum atomic E-state index is 4.12. The Bertz CT molecular complexity index is 477. The minimum atomic E-state index is 1.22. The van der Waals surface area contributed by atoms with Crippen molar-refractivity contribution < 1.29 is 0 Å². The molecule has 2 aromatic carbocycles. The predicted molar refractivity (Wildman–Crippen MR) is 76.3 cm³/mol. The van der Waals surface area contributed by atoms with Gasteiger partial charge in [-0.05, 0) is 17.7 Å². The molecule has 0 radical (unpaired) electrons. The largest absolute Gasteiger partial charge is 0.219 e. The summed E-state index contributed by atoms with van der Waals surface area (Å²) in [4.78, 5) is 1.22. The van der Waals surface area contributed by atoms with Crippen LogP contribution in [0.5, 0.6) is 0 Å². The van der Waals surface area contributed by atoms with E-state index in [9.17, 15) is 0 Å². The summed E-state index contributed by atoms with van der Waals surface area (Å²) in [5, 5.41) is 0. The first kappa shape index (κ1) is 11.7. The summed E-state index contributed by atoms with van der Waals surface area (Å²) in [6.07, 6.45) is 5.84. The lowest BCUT2D eigenvalue weighted by Crippen LogP contribution is -1.73. The van der Waals surface area contributed by atoms with Crippen LogP contribution in [0, 0.1) is 0 Å². The highest BCUT2D eigenvalue weighted by molar-refractivity contribution is 7.98. The van der Waals surface area contributed by atoms with E-state index in [1.165, 1.54) is 22.4 Å². The lowest BCUT2D eigenvalue weighted by molar-refractivity contribution is 1.43. The highest BCUT2D eigenvalue weighted by Crippen LogP contribution is 2.25. The van der Waals surface area contributed by atoms with Gasteiger partial charge in [-0.25, -0.2) is 4.40 Å². The average Bonchev–Trinajstić information content (AvgIpc) is 2.66. The van der Waals surface area contributed by atoms with Crippen LogP contribution in [-0.4, -0.2) is 6.21 Å². The van der Waals surface area contributed by atoms with Crippen molar-refractivity contribution in [2.75, 3.05) is 0 Å². The second kappa shape index (κ2) is 6.71. The number of hydrogen-bond donors (Lipinski definition) is 0. The zero-order valence-corrected chi connectivity index (χ0v) is 10.2. The molecule has 0 atom stereocenters. The molecule has 0 N–H and O–H groups in total. The molecule has 84 valence electrons. The number of rotatable bonds is 0. The van der Waals surface area contributed by atoms with E-state index in [-0.39, 0.29) is 0 Å². The van der Waals surface area contributed by atoms with Crippen LogP contribution in [0.15, 0.2) is 76.0 Å². The molecule has 2 heteroatoms. The van der Waals surface area contributed by atoms with Crippen molar-refractivity contribution in [3.05, 3.63) is 72.3 Å². The average molecular weight is 239 g/mol. The Morgan fingerprint density at radius 1 is 0.765 bits per heavy atom. The van der Waals surface area contributed by atoms with E-state index in [2.05, 4.69) is 22.6 Å². The van der Waals surface area contributed by atoms with Crippen molar-refractivity contribution in [1.82, 2.24) is 0 Å². The van der Waals surface area contributed by atoms with Crippen molar-refractivity contribution in [3.8, 4) is 0 Å². The fourth-order valence-corrected chi connectivity index (χ4v) is 1.98. The van der Waals surface area contributed by atoms with E-state index in [4.69, 9.17) is 0 Å². The smallest absolute Gasteiger partial charge is 0.0377 e. The Hall–Kier alpha value is -1.80. The van der Waals surface area contributed by atoms with Crippen LogP contribution >= 0.6 is 11.9 Å². The van der Waals surface area contributed by atoms with E-state index >= 15 is 0 Å². The minimum absolute atomic E-state index is 1.22. The van der Waals surface area contributed by atoms with Crippen molar-refractivity contribution in [1.29, 1.82) is 0 Å². The molecule has 0 unspecified atom stereocenters. The summed E-state index contributed by atoms with van der Waals surface area (Å²) in [6.45, 7) is 0. The lowest BCUT2D eigenvalue weighted by atomic mass is 10.2. The van der Waals surface area contributed by atoms with Gasteiger partial charge in [-0.2, -0.15) is 0 Å². The number of nitrogens with zero attached hydrogens (tertiary/aromatic N) is 1. The maximum Gasteiger partial charge on any atom is 0.0377 e. The molecule has 17 heavy (non-hydrogen) atoms. The first-order chi connectivity index (χ1) is 8.47. The Labute approximate surface area is 106 Å². The fraction of sp³-hybridized carbons (Fsp3) is 0. The maximum absolute atomic E-state index is 4.12. The quantitative estimate of drug-likeness (QED) is 0.617. The van der Waals surface area contributed by atoms with Gasteiger partial charge in [-0.1, -0.05) is 60.7 Å². The van der Waals surface area contributed by atoms with Gasteiger partial charge >= 0.3 is 0 Å². The van der Waals surface area contributed by atoms with Crippen LogP contribution in [0.2, 0.25) is 0 Å². The molecule has 0 amide bonds. The number of benzene rings is 2. The van der Waals surface area contributed by atoms with Crippen LogP contribution in [0.3, 0.4) is 0 Å². The van der Waals surface area contributed by atoms with E-state index in [1.807, 2.05) is 60.8 Å². The van der Waals surface area contributed by atoms with Gasteiger partial charge in [0.15, 0.2) is 0 Å². The molecule has 0 spiro atoms. The van der Waals surface area contributed by atoms with E-state index in [1.54, 1.807) is 0 Å². The van der Waals surface area contributed by atoms with E-state index in [0.717, 1.165) is 0 Å². The molecule has 1 nitrogen and oxygen atoms in total. The summed E-state index contributed by atoms with van der Waals surface area (Å²) >= 11 is 1.52. The van der Waals surface area contributed by atoms with Crippen LogP contribution in [0.25, 0.3) is 6.08 Å². The summed E-state index contributed by atoms with van der Waals surface area (Å²) in [7, 11) is 0. The summed E-state index contributed by atoms with van der Waals surface area (Å²) in [5.41, 5.74) is 1.25. The van der Waals surface area contributed by atoms with Crippen molar-refractivity contribution in [3.63, 3.8) is 0 Å². The lowest BCUT2D eigenvalue weighted by Gasteiger charge is -1.97. The van der Waals surface area contributed by atoms with Gasteiger partial charge in [0.2, 0.25) is 0 Å². The molecule has 0 bridgehead atoms. The molecule has 0 saturated heterocycles. The highest BCUT2D eigenvalue weighted by Gasteiger charge is 1.98. The molecule has 3 rings (SSSR count). The summed E-state index contributed by atoms with van der Waals surface area (Å²) < 4.78 is 4.12. The SMILES string of the molecule is C1=Cc2ccccc2SN=C1.c1ccccc1. The minimum Gasteiger partial charge on any atom is -0.219 e. The third-order valence-corrected chi connectivity index (χ3v) is 2.96. The molecule has 0 aromatic heterocycles. The van der Waals surface area contributed by atoms with Gasteiger partial charge in [0.1, 0.15) is 0 Å². The van der Waals surface area contributed by atoms with Crippen LogP contribution in [-0.2, 0) is 0 Å². The van der Waals surface area contributed by atoms with Crippen molar-refractivity contribution >= 4 is 24.2 Å². The van der Waals surface area contributed by atoms with Crippen LogP contribution in [0.4, 0.5) is 0 Å². The van der Waals surface area contributed by atoms with Crippen molar-refractivity contribution in [2.45, 2.75) is 4.90 Å². The Morgan fingerprint density at radius 3 is 2.12 bits per heavy atom. The molecule has 2 aromatic rings. The first-order valence-electron chi connectivity index (χ1n) is 5.43. The molecule has 1 heterocycles. The normalized spacial score (nSPS) is 12.0. The van der Waals surface area contributed by atoms with Gasteiger partial charge < -0.3 is 0 Å². The highest BCUT2D eigenvalue weighted by atomic mass is 32.2. The molecule has 0 saturated carbocycles. The first-order valence-corrected chi connectivity index (χ1v) is 6.20. The van der Waals surface area contributed by atoms with E-state index in [0.29, 0.717) is 0 Å². The summed E-state index contributed by atoms with van der Waals surface area (Å²) in [6, 6.07) is 20.2. The molecule has 0 fully saturated rings. The van der Waals surface area contributed by atoms with Gasteiger partial charge in [0, 0.05) is 23.1 Å². The monoisotopic (exact) mass is 239 g/mol. The molecule has 1 aliphatic rings. The van der Waals surface area contributed by atoms with Crippen molar-refractivity contribution in [2.24, 2.45) is 4.40 Å². The Morgan fingerprint density at radius 2 is 1.41 bits per heavy atom. The van der Waals surface area contributed by atoms with Crippen LogP contribution in [0.1, 0.15) is 5.56 Å². The fourth-order valence-electron chi connectivity index (χ4n) is 1.36. The Balaban J connectivity index is 0.000000153. The molecular formula is C15H13NS. The second-order valence-electron chi connectivity index (χ2n) is 3.40. The zero-order chi connectivity index (χ0) is 11.8. The third-order valence-electron chi connectivity index (χ3n) is 2.16. The second-order valence-corrected chi connectivity index (χ2v) is 4.23. The Kier molecular flexibility index (Phi) is 4.61.